The summed E-state index contributed by atoms with van der Waals surface area (Å²) in [4.78, 5) is 38.9. The molecule has 7 nitrogen and oxygen atoms in total. The third-order valence-corrected chi connectivity index (χ3v) is 7.61. The van der Waals surface area contributed by atoms with Crippen molar-refractivity contribution in [1.82, 2.24) is 20.2 Å². The van der Waals surface area contributed by atoms with E-state index in [1.165, 1.54) is 0 Å². The van der Waals surface area contributed by atoms with Crippen LogP contribution in [0.25, 0.3) is 0 Å². The van der Waals surface area contributed by atoms with E-state index in [2.05, 4.69) is 25.1 Å². The monoisotopic (exact) mass is 397 g/mol. The zero-order valence-electron chi connectivity index (χ0n) is 17.2. The first-order valence-corrected chi connectivity index (χ1v) is 11.2. The van der Waals surface area contributed by atoms with Crippen LogP contribution in [-0.2, 0) is 9.59 Å². The van der Waals surface area contributed by atoms with Gasteiger partial charge in [0, 0.05) is 50.4 Å². The Labute approximate surface area is 172 Å². The molecule has 4 heterocycles. The summed E-state index contributed by atoms with van der Waals surface area (Å²) in [6.45, 7) is 4.41. The first-order chi connectivity index (χ1) is 14.1. The molecular formula is C22H31N5O2. The van der Waals surface area contributed by atoms with Crippen LogP contribution >= 0.6 is 0 Å². The molecule has 1 N–H and O–H groups in total. The minimum atomic E-state index is 0.0906. The molecule has 4 atom stereocenters. The zero-order valence-corrected chi connectivity index (χ0v) is 17.2. The van der Waals surface area contributed by atoms with Crippen LogP contribution in [0.1, 0.15) is 50.6 Å². The highest BCUT2D eigenvalue weighted by Crippen LogP contribution is 2.42. The van der Waals surface area contributed by atoms with Crippen molar-refractivity contribution >= 4 is 17.6 Å². The Morgan fingerprint density at radius 2 is 1.93 bits per heavy atom. The number of aryl methyl sites for hydroxylation is 1. The molecule has 156 valence electrons. The summed E-state index contributed by atoms with van der Waals surface area (Å²) in [5, 5.41) is 3.20. The van der Waals surface area contributed by atoms with Gasteiger partial charge in [0.1, 0.15) is 5.82 Å². The fraction of sp³-hybridized carbons (Fsp3) is 0.727. The average molecular weight is 398 g/mol. The normalized spacial score (nSPS) is 31.8. The highest BCUT2D eigenvalue weighted by Gasteiger charge is 2.49. The molecular weight excluding hydrogens is 366 g/mol. The topological polar surface area (TPSA) is 78.4 Å². The van der Waals surface area contributed by atoms with E-state index in [-0.39, 0.29) is 29.8 Å². The van der Waals surface area contributed by atoms with E-state index in [4.69, 9.17) is 0 Å². The SMILES string of the molecule is Cc1nccnc1N1C[C@H]2C[C@@H](C1)[C@H](CNC(=O)C1CCC1)N1C(=O)CCC[C@@H]21. The quantitative estimate of drug-likeness (QED) is 0.840. The molecule has 1 aromatic heterocycles. The van der Waals surface area contributed by atoms with Crippen molar-refractivity contribution in [3.63, 3.8) is 0 Å². The van der Waals surface area contributed by atoms with Crippen molar-refractivity contribution in [2.75, 3.05) is 24.5 Å². The Bertz CT molecular complexity index is 795. The molecule has 5 rings (SSSR count). The Morgan fingerprint density at radius 3 is 2.69 bits per heavy atom. The molecule has 0 spiro atoms. The molecule has 4 aliphatic rings. The number of rotatable bonds is 4. The van der Waals surface area contributed by atoms with Crippen LogP contribution in [0, 0.1) is 24.7 Å². The van der Waals surface area contributed by atoms with Crippen LogP contribution in [-0.4, -0.2) is 58.4 Å². The highest BCUT2D eigenvalue weighted by atomic mass is 16.2. The Balaban J connectivity index is 1.38. The van der Waals surface area contributed by atoms with Gasteiger partial charge in [0.15, 0.2) is 0 Å². The molecule has 29 heavy (non-hydrogen) atoms. The van der Waals surface area contributed by atoms with Gasteiger partial charge in [-0.2, -0.15) is 0 Å². The van der Waals surface area contributed by atoms with E-state index in [1.807, 2.05) is 6.92 Å². The molecule has 3 aliphatic heterocycles. The summed E-state index contributed by atoms with van der Waals surface area (Å²) >= 11 is 0. The molecule has 0 aromatic carbocycles. The maximum atomic E-state index is 12.9. The van der Waals surface area contributed by atoms with Gasteiger partial charge in [-0.25, -0.2) is 4.98 Å². The number of amides is 2. The number of nitrogens with one attached hydrogen (secondary N) is 1. The summed E-state index contributed by atoms with van der Waals surface area (Å²) in [7, 11) is 0. The minimum Gasteiger partial charge on any atom is -0.354 e. The van der Waals surface area contributed by atoms with E-state index in [9.17, 15) is 9.59 Å². The number of aromatic nitrogens is 2. The number of carbonyl (C=O) groups excluding carboxylic acids is 2. The Hall–Kier alpha value is -2.18. The number of fused-ring (bicyclic) bond motifs is 4. The standard InChI is InChI=1S/C22H31N5O2/c1-14-21(24-9-8-23-14)26-12-16-10-17(13-26)19(11-25-22(29)15-4-2-5-15)27-18(16)6-3-7-20(27)28/h8-9,15-19H,2-7,10-13H2,1H3,(H,25,29)/t16-,17+,18+,19+/m1/s1. The van der Waals surface area contributed by atoms with Crippen LogP contribution in [0.3, 0.4) is 0 Å². The zero-order chi connectivity index (χ0) is 20.0. The number of nitrogens with zero attached hydrogens (tertiary/aromatic N) is 4. The van der Waals surface area contributed by atoms with Gasteiger partial charge in [0.25, 0.3) is 0 Å². The van der Waals surface area contributed by atoms with Gasteiger partial charge < -0.3 is 15.1 Å². The molecule has 1 aromatic rings. The molecule has 2 amide bonds. The van der Waals surface area contributed by atoms with Gasteiger partial charge in [-0.15, -0.1) is 0 Å². The Morgan fingerprint density at radius 1 is 1.14 bits per heavy atom. The second-order valence-electron chi connectivity index (χ2n) is 9.33. The predicted octanol–water partition coefficient (Wildman–Crippen LogP) is 1.91. The number of hydrogen-bond donors (Lipinski definition) is 1. The van der Waals surface area contributed by atoms with E-state index >= 15 is 0 Å². The lowest BCUT2D eigenvalue weighted by Gasteiger charge is -2.57. The third kappa shape index (κ3) is 3.38. The van der Waals surface area contributed by atoms with Crippen molar-refractivity contribution < 1.29 is 9.59 Å². The second-order valence-corrected chi connectivity index (χ2v) is 9.33. The van der Waals surface area contributed by atoms with Gasteiger partial charge in [0.05, 0.1) is 11.7 Å². The van der Waals surface area contributed by atoms with Crippen LogP contribution < -0.4 is 10.2 Å². The molecule has 1 saturated carbocycles. The lowest BCUT2D eigenvalue weighted by atomic mass is 9.72. The molecule has 0 unspecified atom stereocenters. The van der Waals surface area contributed by atoms with Crippen molar-refractivity contribution in [3.8, 4) is 0 Å². The van der Waals surface area contributed by atoms with Gasteiger partial charge in [-0.3, -0.25) is 14.6 Å². The predicted molar refractivity (Wildman–Crippen MR) is 109 cm³/mol. The lowest BCUT2D eigenvalue weighted by Crippen LogP contribution is -2.67. The van der Waals surface area contributed by atoms with Crippen LogP contribution in [0.5, 0.6) is 0 Å². The lowest BCUT2D eigenvalue weighted by molar-refractivity contribution is -0.149. The number of anilines is 1. The van der Waals surface area contributed by atoms with E-state index in [0.29, 0.717) is 24.8 Å². The first-order valence-electron chi connectivity index (χ1n) is 11.2. The summed E-state index contributed by atoms with van der Waals surface area (Å²) in [5.41, 5.74) is 0.957. The number of hydrogen-bond acceptors (Lipinski definition) is 5. The van der Waals surface area contributed by atoms with Gasteiger partial charge in [0.2, 0.25) is 11.8 Å². The van der Waals surface area contributed by atoms with Gasteiger partial charge in [-0.1, -0.05) is 6.42 Å². The smallest absolute Gasteiger partial charge is 0.223 e. The van der Waals surface area contributed by atoms with Crippen molar-refractivity contribution in [2.45, 2.75) is 64.0 Å². The average Bonchev–Trinajstić information content (AvgIpc) is 2.67. The maximum absolute atomic E-state index is 12.9. The van der Waals surface area contributed by atoms with Crippen LogP contribution in [0.2, 0.25) is 0 Å². The third-order valence-electron chi connectivity index (χ3n) is 7.61. The molecule has 0 radical (unpaired) electrons. The minimum absolute atomic E-state index is 0.0906. The van der Waals surface area contributed by atoms with E-state index in [1.54, 1.807) is 12.4 Å². The summed E-state index contributed by atoms with van der Waals surface area (Å²) < 4.78 is 0. The van der Waals surface area contributed by atoms with Crippen LogP contribution in [0.4, 0.5) is 5.82 Å². The van der Waals surface area contributed by atoms with Crippen molar-refractivity contribution in [2.24, 2.45) is 17.8 Å². The largest absolute Gasteiger partial charge is 0.354 e. The van der Waals surface area contributed by atoms with Gasteiger partial charge >= 0.3 is 0 Å². The molecule has 3 saturated heterocycles. The van der Waals surface area contributed by atoms with Crippen molar-refractivity contribution in [3.05, 3.63) is 18.1 Å². The molecule has 4 fully saturated rings. The summed E-state index contributed by atoms with van der Waals surface area (Å²) in [6, 6.07) is 0.380. The van der Waals surface area contributed by atoms with E-state index in [0.717, 1.165) is 63.1 Å². The summed E-state index contributed by atoms with van der Waals surface area (Å²) in [6.07, 6.45) is 10.5. The molecule has 7 heteroatoms. The van der Waals surface area contributed by atoms with E-state index < -0.39 is 0 Å². The maximum Gasteiger partial charge on any atom is 0.223 e. The van der Waals surface area contributed by atoms with Crippen LogP contribution in [0.15, 0.2) is 12.4 Å². The fourth-order valence-electron chi connectivity index (χ4n) is 5.94. The second kappa shape index (κ2) is 7.58. The number of piperidine rings is 3. The fourth-order valence-corrected chi connectivity index (χ4v) is 5.94. The highest BCUT2D eigenvalue weighted by molar-refractivity contribution is 5.80. The van der Waals surface area contributed by atoms with Crippen molar-refractivity contribution in [1.29, 1.82) is 0 Å². The summed E-state index contributed by atoms with van der Waals surface area (Å²) in [5.74, 6) is 2.44. The number of carbonyl (C=O) groups is 2. The molecule has 1 aliphatic carbocycles. The van der Waals surface area contributed by atoms with Gasteiger partial charge in [-0.05, 0) is 50.9 Å². The Kier molecular flexibility index (Phi) is 4.92. The first kappa shape index (κ1) is 18.8. The molecule has 2 bridgehead atoms.